The topological polar surface area (TPSA) is 64.4 Å². The molecule has 0 unspecified atom stereocenters. The van der Waals surface area contributed by atoms with Gasteiger partial charge in [0.15, 0.2) is 5.82 Å². The van der Waals surface area contributed by atoms with Crippen molar-refractivity contribution in [2.45, 2.75) is 0 Å². The summed E-state index contributed by atoms with van der Waals surface area (Å²) in [5, 5.41) is 12.3. The number of nitrogens with zero attached hydrogens (tertiary/aromatic N) is 3. The lowest BCUT2D eigenvalue weighted by Crippen LogP contribution is -1.97. The van der Waals surface area contributed by atoms with Crippen molar-refractivity contribution in [3.63, 3.8) is 0 Å². The second-order valence-corrected chi connectivity index (χ2v) is 6.37. The number of H-pyrrole nitrogens is 1. The molecule has 0 spiro atoms. The normalized spacial score (nSPS) is 11.1. The van der Waals surface area contributed by atoms with E-state index in [9.17, 15) is 0 Å². The summed E-state index contributed by atoms with van der Waals surface area (Å²) >= 11 is 17.5. The van der Waals surface area contributed by atoms with Crippen molar-refractivity contribution in [2.24, 2.45) is 5.10 Å². The monoisotopic (exact) mass is 408 g/mol. The van der Waals surface area contributed by atoms with E-state index in [0.717, 1.165) is 5.56 Å². The lowest BCUT2D eigenvalue weighted by molar-refractivity contribution is 0.402. The molecule has 0 saturated heterocycles. The summed E-state index contributed by atoms with van der Waals surface area (Å²) in [6, 6.07) is 10.5. The Hall–Kier alpha value is -2.35. The molecule has 1 aromatic heterocycles. The zero-order valence-electron chi connectivity index (χ0n) is 13.9. The maximum Gasteiger partial charge on any atom is 0.216 e. The highest BCUT2D eigenvalue weighted by molar-refractivity contribution is 7.71. The van der Waals surface area contributed by atoms with Crippen LogP contribution in [0.5, 0.6) is 11.5 Å². The maximum atomic E-state index is 6.28. The van der Waals surface area contributed by atoms with E-state index in [4.69, 9.17) is 44.9 Å². The Morgan fingerprint density at radius 1 is 1.15 bits per heavy atom. The zero-order valence-corrected chi connectivity index (χ0v) is 16.2. The maximum absolute atomic E-state index is 6.28. The number of aromatic amines is 1. The zero-order chi connectivity index (χ0) is 18.7. The van der Waals surface area contributed by atoms with E-state index in [2.05, 4.69) is 15.3 Å². The number of ether oxygens (including phenoxy) is 2. The van der Waals surface area contributed by atoms with Crippen LogP contribution in [0.2, 0.25) is 10.0 Å². The third-order valence-corrected chi connectivity index (χ3v) is 4.38. The molecule has 134 valence electrons. The van der Waals surface area contributed by atoms with Crippen LogP contribution < -0.4 is 9.47 Å². The second kappa shape index (κ2) is 7.90. The number of benzene rings is 2. The lowest BCUT2D eigenvalue weighted by atomic mass is 10.2. The molecule has 1 N–H and O–H groups in total. The highest BCUT2D eigenvalue weighted by atomic mass is 35.5. The van der Waals surface area contributed by atoms with E-state index in [0.29, 0.717) is 37.7 Å². The Labute approximate surface area is 165 Å². The Bertz CT molecular complexity index is 1030. The van der Waals surface area contributed by atoms with E-state index in [1.165, 1.54) is 4.68 Å². The first kappa shape index (κ1) is 18.4. The molecule has 26 heavy (non-hydrogen) atoms. The molecular formula is C17H14Cl2N4O2S. The van der Waals surface area contributed by atoms with Gasteiger partial charge in [-0.1, -0.05) is 23.2 Å². The van der Waals surface area contributed by atoms with E-state index in [-0.39, 0.29) is 0 Å². The van der Waals surface area contributed by atoms with Crippen molar-refractivity contribution in [1.82, 2.24) is 14.9 Å². The van der Waals surface area contributed by atoms with Gasteiger partial charge in [0.25, 0.3) is 0 Å². The molecule has 6 nitrogen and oxygen atoms in total. The summed E-state index contributed by atoms with van der Waals surface area (Å²) in [6.07, 6.45) is 1.61. The van der Waals surface area contributed by atoms with Crippen molar-refractivity contribution >= 4 is 41.6 Å². The molecule has 0 atom stereocenters. The fourth-order valence-electron chi connectivity index (χ4n) is 2.30. The molecule has 0 bridgehead atoms. The van der Waals surface area contributed by atoms with Gasteiger partial charge in [0.2, 0.25) is 4.77 Å². The smallest absolute Gasteiger partial charge is 0.216 e. The lowest BCUT2D eigenvalue weighted by Gasteiger charge is -2.07. The van der Waals surface area contributed by atoms with E-state index in [1.807, 2.05) is 0 Å². The number of hydrogen-bond donors (Lipinski definition) is 1. The van der Waals surface area contributed by atoms with Crippen LogP contribution in [0.4, 0.5) is 0 Å². The van der Waals surface area contributed by atoms with Crippen molar-refractivity contribution in [1.29, 1.82) is 0 Å². The van der Waals surface area contributed by atoms with Crippen molar-refractivity contribution < 1.29 is 9.47 Å². The largest absolute Gasteiger partial charge is 0.497 e. The molecule has 0 saturated carbocycles. The molecular weight excluding hydrogens is 395 g/mol. The highest BCUT2D eigenvalue weighted by Gasteiger charge is 2.12. The SMILES string of the molecule is COc1ccc(OC)c(/C=N/n2c(-c3ccc(Cl)cc3Cl)n[nH]c2=S)c1. The van der Waals surface area contributed by atoms with Gasteiger partial charge >= 0.3 is 0 Å². The number of methoxy groups -OCH3 is 2. The average molecular weight is 409 g/mol. The summed E-state index contributed by atoms with van der Waals surface area (Å²) in [6.45, 7) is 0. The number of hydrogen-bond acceptors (Lipinski definition) is 5. The second-order valence-electron chi connectivity index (χ2n) is 5.14. The molecule has 0 fully saturated rings. The minimum atomic E-state index is 0.323. The molecule has 2 aromatic carbocycles. The van der Waals surface area contributed by atoms with Gasteiger partial charge in [-0.3, -0.25) is 0 Å². The van der Waals surface area contributed by atoms with Crippen molar-refractivity contribution in [3.05, 3.63) is 56.8 Å². The molecule has 9 heteroatoms. The Morgan fingerprint density at radius 3 is 2.65 bits per heavy atom. The molecule has 3 aromatic rings. The molecule has 3 rings (SSSR count). The van der Waals surface area contributed by atoms with Crippen molar-refractivity contribution in [2.75, 3.05) is 14.2 Å². The minimum Gasteiger partial charge on any atom is -0.497 e. The van der Waals surface area contributed by atoms with Gasteiger partial charge in [-0.2, -0.15) is 14.9 Å². The Kier molecular flexibility index (Phi) is 5.61. The van der Waals surface area contributed by atoms with E-state index in [1.54, 1.807) is 56.8 Å². The molecule has 0 aliphatic heterocycles. The number of halogens is 2. The van der Waals surface area contributed by atoms with E-state index < -0.39 is 0 Å². The van der Waals surface area contributed by atoms with Crippen LogP contribution in [0.3, 0.4) is 0 Å². The molecule has 0 aliphatic carbocycles. The molecule has 0 radical (unpaired) electrons. The van der Waals surface area contributed by atoms with Gasteiger partial charge in [-0.25, -0.2) is 5.10 Å². The first-order valence-electron chi connectivity index (χ1n) is 7.42. The van der Waals surface area contributed by atoms with Crippen LogP contribution >= 0.6 is 35.4 Å². The fraction of sp³-hybridized carbons (Fsp3) is 0.118. The number of nitrogens with one attached hydrogen (secondary N) is 1. The molecule has 1 heterocycles. The first-order valence-corrected chi connectivity index (χ1v) is 8.59. The third-order valence-electron chi connectivity index (χ3n) is 3.57. The Morgan fingerprint density at radius 2 is 1.96 bits per heavy atom. The summed E-state index contributed by atoms with van der Waals surface area (Å²) < 4.78 is 12.4. The molecule has 0 aliphatic rings. The van der Waals surface area contributed by atoms with Crippen molar-refractivity contribution in [3.8, 4) is 22.9 Å². The van der Waals surface area contributed by atoms with Gasteiger partial charge in [0.05, 0.1) is 25.5 Å². The van der Waals surface area contributed by atoms with Crippen LogP contribution in [-0.4, -0.2) is 35.3 Å². The minimum absolute atomic E-state index is 0.323. The van der Waals surface area contributed by atoms with Crippen LogP contribution in [0, 0.1) is 4.77 Å². The number of rotatable bonds is 5. The van der Waals surface area contributed by atoms with Crippen LogP contribution in [0.15, 0.2) is 41.5 Å². The molecule has 0 amide bonds. The summed E-state index contributed by atoms with van der Waals surface area (Å²) in [7, 11) is 3.18. The highest BCUT2D eigenvalue weighted by Crippen LogP contribution is 2.29. The predicted molar refractivity (Wildman–Crippen MR) is 105 cm³/mol. The van der Waals surface area contributed by atoms with Crippen LogP contribution in [0.25, 0.3) is 11.4 Å². The first-order chi connectivity index (χ1) is 12.5. The number of aromatic nitrogens is 3. The Balaban J connectivity index is 2.05. The van der Waals surface area contributed by atoms with Crippen LogP contribution in [-0.2, 0) is 0 Å². The van der Waals surface area contributed by atoms with Gasteiger partial charge in [-0.05, 0) is 48.6 Å². The van der Waals surface area contributed by atoms with E-state index >= 15 is 0 Å². The predicted octanol–water partition coefficient (Wildman–Crippen LogP) is 4.81. The van der Waals surface area contributed by atoms with Gasteiger partial charge in [-0.15, -0.1) is 0 Å². The average Bonchev–Trinajstić information content (AvgIpc) is 3.00. The standard InChI is InChI=1S/C17H14Cl2N4O2S/c1-24-12-4-6-15(25-2)10(7-12)9-20-23-16(21-22-17(23)26)13-5-3-11(18)8-14(13)19/h3-9H,1-2H3,(H,22,26)/b20-9+. The van der Waals surface area contributed by atoms with Gasteiger partial charge in [0.1, 0.15) is 11.5 Å². The summed E-state index contributed by atoms with van der Waals surface area (Å²) in [5.41, 5.74) is 1.38. The van der Waals surface area contributed by atoms with Gasteiger partial charge in [0, 0.05) is 16.1 Å². The fourth-order valence-corrected chi connectivity index (χ4v) is 2.98. The van der Waals surface area contributed by atoms with Crippen LogP contribution in [0.1, 0.15) is 5.56 Å². The van der Waals surface area contributed by atoms with Gasteiger partial charge < -0.3 is 9.47 Å². The summed E-state index contributed by atoms with van der Waals surface area (Å²) in [4.78, 5) is 0. The summed E-state index contributed by atoms with van der Waals surface area (Å²) in [5.74, 6) is 1.80. The quantitative estimate of drug-likeness (QED) is 0.485. The third kappa shape index (κ3) is 3.75.